The maximum atomic E-state index is 12.6. The Morgan fingerprint density at radius 2 is 2.00 bits per heavy atom. The summed E-state index contributed by atoms with van der Waals surface area (Å²) in [7, 11) is -3.46. The number of aliphatic imine (C=N–C) groups is 1. The maximum Gasteiger partial charge on any atom is 0.248 e. The van der Waals surface area contributed by atoms with Gasteiger partial charge in [-0.25, -0.2) is 13.4 Å². The van der Waals surface area contributed by atoms with Crippen LogP contribution in [0.25, 0.3) is 0 Å². The Bertz CT molecular complexity index is 989. The first-order valence-electron chi connectivity index (χ1n) is 9.68. The van der Waals surface area contributed by atoms with E-state index in [-0.39, 0.29) is 29.7 Å². The molecule has 170 valence electrons. The number of nitrogens with one attached hydrogen (secondary N) is 1. The van der Waals surface area contributed by atoms with E-state index in [0.717, 1.165) is 5.56 Å². The standard InChI is InChI=1S/C19H26N6O4S.HI/c1-2-21-19(22-13-15-4-3-5-16(12-15)18(20)26)24-7-9-25(10-8-24)30(27,28)14-17-6-11-29-23-17;/h3-6,11-12H,2,7-10,13-14H2,1H3,(H2,20,26)(H,21,22);1H. The molecule has 1 amide bonds. The second kappa shape index (κ2) is 11.4. The fourth-order valence-corrected chi connectivity index (χ4v) is 4.61. The normalized spacial score (nSPS) is 15.4. The average Bonchev–Trinajstić information content (AvgIpc) is 3.24. The van der Waals surface area contributed by atoms with Gasteiger partial charge in [0.1, 0.15) is 12.0 Å². The summed E-state index contributed by atoms with van der Waals surface area (Å²) >= 11 is 0. The highest BCUT2D eigenvalue weighted by molar-refractivity contribution is 14.0. The van der Waals surface area contributed by atoms with E-state index in [1.807, 2.05) is 17.9 Å². The van der Waals surface area contributed by atoms with Gasteiger partial charge >= 0.3 is 0 Å². The zero-order valence-electron chi connectivity index (χ0n) is 17.2. The van der Waals surface area contributed by atoms with Crippen molar-refractivity contribution in [3.63, 3.8) is 0 Å². The molecule has 31 heavy (non-hydrogen) atoms. The summed E-state index contributed by atoms with van der Waals surface area (Å²) in [6.07, 6.45) is 1.36. The molecule has 3 N–H and O–H groups in total. The third-order valence-electron chi connectivity index (χ3n) is 4.71. The quantitative estimate of drug-likeness (QED) is 0.292. The number of hydrogen-bond donors (Lipinski definition) is 2. The Morgan fingerprint density at radius 3 is 2.61 bits per heavy atom. The van der Waals surface area contributed by atoms with Crippen molar-refractivity contribution in [1.82, 2.24) is 19.7 Å². The average molecular weight is 562 g/mol. The Balaban J connectivity index is 0.00000341. The lowest BCUT2D eigenvalue weighted by Gasteiger charge is -2.35. The zero-order valence-corrected chi connectivity index (χ0v) is 20.4. The van der Waals surface area contributed by atoms with Crippen molar-refractivity contribution >= 4 is 45.9 Å². The van der Waals surface area contributed by atoms with Gasteiger partial charge in [-0.1, -0.05) is 17.3 Å². The predicted molar refractivity (Wildman–Crippen MR) is 127 cm³/mol. The van der Waals surface area contributed by atoms with Crippen LogP contribution in [0.15, 0.2) is 46.1 Å². The second-order valence-corrected chi connectivity index (χ2v) is 8.84. The lowest BCUT2D eigenvalue weighted by atomic mass is 10.1. The van der Waals surface area contributed by atoms with E-state index in [2.05, 4.69) is 15.5 Å². The lowest BCUT2D eigenvalue weighted by molar-refractivity contribution is 0.1000. The van der Waals surface area contributed by atoms with E-state index in [4.69, 9.17) is 10.3 Å². The molecule has 0 radical (unpaired) electrons. The van der Waals surface area contributed by atoms with Crippen LogP contribution in [0.1, 0.15) is 28.5 Å². The van der Waals surface area contributed by atoms with Gasteiger partial charge in [0.05, 0.1) is 12.2 Å². The van der Waals surface area contributed by atoms with Crippen LogP contribution in [0, 0.1) is 0 Å². The van der Waals surface area contributed by atoms with Crippen molar-refractivity contribution < 1.29 is 17.7 Å². The Hall–Kier alpha value is -2.19. The van der Waals surface area contributed by atoms with Gasteiger partial charge in [0, 0.05) is 44.4 Å². The number of carbonyl (C=O) groups excluding carboxylic acids is 1. The Labute approximate surface area is 198 Å². The number of halogens is 1. The summed E-state index contributed by atoms with van der Waals surface area (Å²) in [5, 5.41) is 6.93. The number of piperazine rings is 1. The molecular formula is C19H27IN6O4S. The van der Waals surface area contributed by atoms with Gasteiger partial charge in [-0.05, 0) is 24.6 Å². The van der Waals surface area contributed by atoms with Gasteiger partial charge in [-0.15, -0.1) is 24.0 Å². The number of amides is 1. The van der Waals surface area contributed by atoms with Crippen LogP contribution in [-0.2, 0) is 22.3 Å². The number of carbonyl (C=O) groups is 1. The van der Waals surface area contributed by atoms with Crippen LogP contribution in [0.2, 0.25) is 0 Å². The van der Waals surface area contributed by atoms with Gasteiger partial charge < -0.3 is 20.5 Å². The number of nitrogens with zero attached hydrogens (tertiary/aromatic N) is 4. The smallest absolute Gasteiger partial charge is 0.248 e. The van der Waals surface area contributed by atoms with Crippen molar-refractivity contribution in [2.75, 3.05) is 32.7 Å². The molecule has 0 saturated carbocycles. The number of primary amides is 1. The first kappa shape index (κ1) is 25.1. The zero-order chi connectivity index (χ0) is 21.6. The molecule has 0 spiro atoms. The van der Waals surface area contributed by atoms with E-state index < -0.39 is 15.9 Å². The third-order valence-corrected chi connectivity index (χ3v) is 6.52. The Morgan fingerprint density at radius 1 is 1.26 bits per heavy atom. The van der Waals surface area contributed by atoms with Crippen LogP contribution in [0.5, 0.6) is 0 Å². The number of rotatable bonds is 7. The molecule has 2 heterocycles. The number of nitrogens with two attached hydrogens (primary N) is 1. The number of sulfonamides is 1. The van der Waals surface area contributed by atoms with E-state index in [9.17, 15) is 13.2 Å². The van der Waals surface area contributed by atoms with E-state index in [1.165, 1.54) is 10.6 Å². The highest BCUT2D eigenvalue weighted by Crippen LogP contribution is 2.13. The number of hydrogen-bond acceptors (Lipinski definition) is 6. The van der Waals surface area contributed by atoms with Crippen LogP contribution in [-0.4, -0.2) is 67.4 Å². The summed E-state index contributed by atoms with van der Waals surface area (Å²) in [4.78, 5) is 18.0. The number of aromatic nitrogens is 1. The van der Waals surface area contributed by atoms with Crippen molar-refractivity contribution in [2.24, 2.45) is 10.7 Å². The van der Waals surface area contributed by atoms with Gasteiger partial charge in [0.2, 0.25) is 15.9 Å². The maximum absolute atomic E-state index is 12.6. The van der Waals surface area contributed by atoms with Gasteiger partial charge in [-0.2, -0.15) is 4.31 Å². The molecule has 0 bridgehead atoms. The highest BCUT2D eigenvalue weighted by Gasteiger charge is 2.29. The van der Waals surface area contributed by atoms with E-state index in [1.54, 1.807) is 24.3 Å². The molecule has 1 aromatic heterocycles. The molecule has 1 aliphatic heterocycles. The topological polar surface area (TPSA) is 134 Å². The monoisotopic (exact) mass is 562 g/mol. The SMILES string of the molecule is CCNC(=NCc1cccc(C(N)=O)c1)N1CCN(S(=O)(=O)Cc2ccon2)CC1.I. The Kier molecular flexibility index (Phi) is 9.25. The van der Waals surface area contributed by atoms with Crippen LogP contribution in [0.4, 0.5) is 0 Å². The van der Waals surface area contributed by atoms with Crippen LogP contribution >= 0.6 is 24.0 Å². The van der Waals surface area contributed by atoms with Gasteiger partial charge in [0.25, 0.3) is 0 Å². The van der Waals surface area contributed by atoms with Crippen molar-refractivity contribution in [3.05, 3.63) is 53.4 Å². The molecule has 1 aliphatic rings. The first-order valence-corrected chi connectivity index (χ1v) is 11.3. The van der Waals surface area contributed by atoms with E-state index >= 15 is 0 Å². The molecule has 0 aliphatic carbocycles. The van der Waals surface area contributed by atoms with Gasteiger partial charge in [-0.3, -0.25) is 4.79 Å². The summed E-state index contributed by atoms with van der Waals surface area (Å²) in [6, 6.07) is 8.60. The lowest BCUT2D eigenvalue weighted by Crippen LogP contribution is -2.53. The number of benzene rings is 1. The molecule has 2 aromatic rings. The molecule has 10 nitrogen and oxygen atoms in total. The molecule has 1 fully saturated rings. The first-order chi connectivity index (χ1) is 14.4. The summed E-state index contributed by atoms with van der Waals surface area (Å²) < 4.78 is 31.4. The highest BCUT2D eigenvalue weighted by atomic mass is 127. The molecule has 3 rings (SSSR count). The second-order valence-electron chi connectivity index (χ2n) is 6.87. The third kappa shape index (κ3) is 6.90. The van der Waals surface area contributed by atoms with Crippen molar-refractivity contribution in [2.45, 2.75) is 19.2 Å². The molecule has 12 heteroatoms. The minimum absolute atomic E-state index is 0. The minimum Gasteiger partial charge on any atom is -0.366 e. The largest absolute Gasteiger partial charge is 0.366 e. The molecule has 0 atom stereocenters. The predicted octanol–water partition coefficient (Wildman–Crippen LogP) is 1.00. The van der Waals surface area contributed by atoms with Crippen molar-refractivity contribution in [1.29, 1.82) is 0 Å². The van der Waals surface area contributed by atoms with Crippen molar-refractivity contribution in [3.8, 4) is 0 Å². The summed E-state index contributed by atoms with van der Waals surface area (Å²) in [6.45, 7) is 4.81. The fourth-order valence-electron chi connectivity index (χ4n) is 3.18. The minimum atomic E-state index is -3.46. The fraction of sp³-hybridized carbons (Fsp3) is 0.421. The van der Waals surface area contributed by atoms with Crippen LogP contribution < -0.4 is 11.1 Å². The summed E-state index contributed by atoms with van der Waals surface area (Å²) in [5.41, 5.74) is 7.04. The molecule has 1 saturated heterocycles. The van der Waals surface area contributed by atoms with Crippen LogP contribution in [0.3, 0.4) is 0 Å². The number of guanidine groups is 1. The summed E-state index contributed by atoms with van der Waals surface area (Å²) in [5.74, 6) is 0.0552. The van der Waals surface area contributed by atoms with Gasteiger partial charge in [0.15, 0.2) is 5.96 Å². The van der Waals surface area contributed by atoms with E-state index in [0.29, 0.717) is 56.5 Å². The molecule has 0 unspecified atom stereocenters. The molecular weight excluding hydrogens is 535 g/mol. The molecule has 1 aromatic carbocycles.